The molecular formula is C21H30O7. The highest BCUT2D eigenvalue weighted by molar-refractivity contribution is 6.04. The van der Waals surface area contributed by atoms with Crippen LogP contribution in [0, 0.1) is 23.2 Å². The van der Waals surface area contributed by atoms with E-state index in [-0.39, 0.29) is 6.42 Å². The Morgan fingerprint density at radius 3 is 2.36 bits per heavy atom. The maximum Gasteiger partial charge on any atom is 0.305 e. The number of hydrogen-bond donors (Lipinski definition) is 4. The van der Waals surface area contributed by atoms with Gasteiger partial charge >= 0.3 is 5.97 Å². The van der Waals surface area contributed by atoms with E-state index in [1.54, 1.807) is 33.8 Å². The average Bonchev–Trinajstić information content (AvgIpc) is 2.73. The summed E-state index contributed by atoms with van der Waals surface area (Å²) in [7, 11) is 0. The second kappa shape index (κ2) is 6.23. The van der Waals surface area contributed by atoms with Gasteiger partial charge in [-0.25, -0.2) is 0 Å². The van der Waals surface area contributed by atoms with Crippen molar-refractivity contribution in [1.82, 2.24) is 0 Å². The first kappa shape index (κ1) is 21.2. The predicted octanol–water partition coefficient (Wildman–Crippen LogP) is 0.850. The third-order valence-corrected chi connectivity index (χ3v) is 7.08. The van der Waals surface area contributed by atoms with Crippen LogP contribution < -0.4 is 0 Å². The van der Waals surface area contributed by atoms with Gasteiger partial charge in [-0.3, -0.25) is 9.59 Å². The summed E-state index contributed by atoms with van der Waals surface area (Å²) in [6, 6.07) is 0. The first-order chi connectivity index (χ1) is 12.7. The molecule has 0 spiro atoms. The lowest BCUT2D eigenvalue weighted by atomic mass is 9.52. The van der Waals surface area contributed by atoms with Gasteiger partial charge in [0.2, 0.25) is 5.79 Å². The van der Waals surface area contributed by atoms with Crippen molar-refractivity contribution in [3.8, 4) is 0 Å². The van der Waals surface area contributed by atoms with E-state index in [0.717, 1.165) is 0 Å². The Labute approximate surface area is 164 Å². The zero-order valence-electron chi connectivity index (χ0n) is 17.0. The highest BCUT2D eigenvalue weighted by atomic mass is 16.7. The number of hydrogen-bond acceptors (Lipinski definition) is 7. The molecule has 0 radical (unpaired) electrons. The highest BCUT2D eigenvalue weighted by Crippen LogP contribution is 2.61. The summed E-state index contributed by atoms with van der Waals surface area (Å²) >= 11 is 0. The fraction of sp³-hybridized carbons (Fsp3) is 0.714. The van der Waals surface area contributed by atoms with Crippen LogP contribution in [0.25, 0.3) is 0 Å². The Hall–Kier alpha value is -1.54. The second-order valence-electron chi connectivity index (χ2n) is 9.38. The first-order valence-electron chi connectivity index (χ1n) is 9.64. The van der Waals surface area contributed by atoms with E-state index in [4.69, 9.17) is 4.74 Å². The molecule has 1 unspecified atom stereocenters. The smallest absolute Gasteiger partial charge is 0.305 e. The molecule has 0 aliphatic heterocycles. The summed E-state index contributed by atoms with van der Waals surface area (Å²) < 4.78 is 5.40. The molecule has 0 bridgehead atoms. The van der Waals surface area contributed by atoms with E-state index in [2.05, 4.69) is 0 Å². The van der Waals surface area contributed by atoms with Crippen LogP contribution in [0.1, 0.15) is 47.5 Å². The number of aliphatic hydroxyl groups excluding tert-OH is 1. The van der Waals surface area contributed by atoms with Crippen LogP contribution in [0.3, 0.4) is 0 Å². The topological polar surface area (TPSA) is 124 Å². The zero-order chi connectivity index (χ0) is 21.3. The average molecular weight is 394 g/mol. The third kappa shape index (κ3) is 2.56. The molecule has 3 aliphatic carbocycles. The Bertz CT molecular complexity index is 782. The van der Waals surface area contributed by atoms with Gasteiger partial charge in [0.15, 0.2) is 5.78 Å². The number of ketones is 1. The number of carbonyl (C=O) groups excluding carboxylic acids is 2. The van der Waals surface area contributed by atoms with Gasteiger partial charge in [-0.2, -0.15) is 0 Å². The molecule has 156 valence electrons. The molecule has 1 saturated carbocycles. The Morgan fingerprint density at radius 1 is 1.21 bits per heavy atom. The summed E-state index contributed by atoms with van der Waals surface area (Å²) in [5.74, 6) is -5.88. The minimum atomic E-state index is -2.08. The maximum atomic E-state index is 12.8. The molecule has 0 amide bonds. The maximum absolute atomic E-state index is 12.8. The summed E-state index contributed by atoms with van der Waals surface area (Å²) in [5, 5.41) is 44.8. The van der Waals surface area contributed by atoms with Crippen LogP contribution in [-0.2, 0) is 14.3 Å². The normalized spacial score (nSPS) is 44.8. The van der Waals surface area contributed by atoms with Crippen molar-refractivity contribution >= 4 is 11.8 Å². The van der Waals surface area contributed by atoms with Crippen molar-refractivity contribution in [2.24, 2.45) is 23.2 Å². The highest BCUT2D eigenvalue weighted by Gasteiger charge is 2.71. The molecule has 7 heteroatoms. The van der Waals surface area contributed by atoms with Gasteiger partial charge in [-0.15, -0.1) is 0 Å². The van der Waals surface area contributed by atoms with Crippen molar-refractivity contribution in [3.05, 3.63) is 23.3 Å². The molecule has 0 aromatic heterocycles. The number of ether oxygens (including phenoxy) is 1. The number of aliphatic hydroxyl groups is 4. The quantitative estimate of drug-likeness (QED) is 0.311. The molecule has 1 fully saturated rings. The van der Waals surface area contributed by atoms with E-state index >= 15 is 0 Å². The number of fused-ring (bicyclic) bond motifs is 3. The van der Waals surface area contributed by atoms with Crippen LogP contribution in [-0.4, -0.2) is 55.8 Å². The predicted molar refractivity (Wildman–Crippen MR) is 99.7 cm³/mol. The molecule has 7 nitrogen and oxygen atoms in total. The molecular weight excluding hydrogens is 364 g/mol. The van der Waals surface area contributed by atoms with E-state index in [9.17, 15) is 30.0 Å². The first-order valence-corrected chi connectivity index (χ1v) is 9.64. The van der Waals surface area contributed by atoms with Crippen LogP contribution in [0.5, 0.6) is 0 Å². The van der Waals surface area contributed by atoms with E-state index in [1.807, 2.05) is 0 Å². The van der Waals surface area contributed by atoms with Crippen LogP contribution in [0.2, 0.25) is 0 Å². The van der Waals surface area contributed by atoms with Gasteiger partial charge in [0.25, 0.3) is 0 Å². The van der Waals surface area contributed by atoms with E-state index < -0.39 is 58.5 Å². The number of rotatable bonds is 2. The molecule has 3 aliphatic rings. The Morgan fingerprint density at radius 2 is 1.82 bits per heavy atom. The van der Waals surface area contributed by atoms with Gasteiger partial charge < -0.3 is 25.2 Å². The Kier molecular flexibility index (Phi) is 4.71. The SMILES string of the molecule is CC(=O)OC1(O)[C@@H]2C=C(CO)C[C@]3(O)C(=O)C(C)=C[C@H]3[C@@]2(O)[C@H](C)CC1(C)C. The van der Waals surface area contributed by atoms with Gasteiger partial charge in [0.05, 0.1) is 18.1 Å². The van der Waals surface area contributed by atoms with Crippen molar-refractivity contribution in [2.75, 3.05) is 6.61 Å². The minimum Gasteiger partial charge on any atom is -0.432 e. The molecule has 3 rings (SSSR count). The molecule has 6 atom stereocenters. The fourth-order valence-corrected chi connectivity index (χ4v) is 5.69. The summed E-state index contributed by atoms with van der Waals surface area (Å²) in [6.45, 7) is 7.58. The molecule has 0 aromatic carbocycles. The van der Waals surface area contributed by atoms with E-state index in [0.29, 0.717) is 17.6 Å². The lowest BCUT2D eigenvalue weighted by Gasteiger charge is -2.60. The third-order valence-electron chi connectivity index (χ3n) is 7.08. The van der Waals surface area contributed by atoms with Gasteiger partial charge in [0.1, 0.15) is 5.60 Å². The molecule has 28 heavy (non-hydrogen) atoms. The van der Waals surface area contributed by atoms with Crippen molar-refractivity contribution in [3.63, 3.8) is 0 Å². The van der Waals surface area contributed by atoms with Gasteiger partial charge in [0, 0.05) is 24.7 Å². The largest absolute Gasteiger partial charge is 0.432 e. The van der Waals surface area contributed by atoms with Crippen molar-refractivity contribution in [1.29, 1.82) is 0 Å². The molecule has 0 heterocycles. The van der Waals surface area contributed by atoms with Gasteiger partial charge in [-0.1, -0.05) is 32.9 Å². The second-order valence-corrected chi connectivity index (χ2v) is 9.38. The van der Waals surface area contributed by atoms with E-state index in [1.165, 1.54) is 13.0 Å². The van der Waals surface area contributed by atoms with Crippen molar-refractivity contribution < 1.29 is 34.8 Å². The lowest BCUT2D eigenvalue weighted by Crippen LogP contribution is -2.70. The lowest BCUT2D eigenvalue weighted by molar-refractivity contribution is -0.335. The zero-order valence-corrected chi connectivity index (χ0v) is 17.0. The number of carbonyl (C=O) groups is 2. The minimum absolute atomic E-state index is 0.164. The van der Waals surface area contributed by atoms with Crippen LogP contribution in [0.15, 0.2) is 23.3 Å². The monoisotopic (exact) mass is 394 g/mol. The van der Waals surface area contributed by atoms with Crippen LogP contribution >= 0.6 is 0 Å². The summed E-state index contributed by atoms with van der Waals surface area (Å²) in [4.78, 5) is 24.6. The molecule has 0 saturated heterocycles. The molecule has 4 N–H and O–H groups in total. The molecule has 0 aromatic rings. The van der Waals surface area contributed by atoms with Crippen LogP contribution in [0.4, 0.5) is 0 Å². The summed E-state index contributed by atoms with van der Waals surface area (Å²) in [5.41, 5.74) is -3.98. The Balaban J connectivity index is 2.30. The standard InChI is InChI=1S/C21H30O7/c1-11-6-15-19(25,17(11)24)9-14(10-22)7-16-20(15,26)12(2)8-18(4,5)21(16,27)28-13(3)23/h6-7,12,15-16,22,25-27H,8-10H2,1-5H3/t12-,15-,16-,19-,20+,21?/m1/s1. The van der Waals surface area contributed by atoms with Gasteiger partial charge in [-0.05, 0) is 30.4 Å². The van der Waals surface area contributed by atoms with Crippen molar-refractivity contribution in [2.45, 2.75) is 64.4 Å². The number of esters is 1. The summed E-state index contributed by atoms with van der Waals surface area (Å²) in [6.07, 6.45) is 3.16. The fourth-order valence-electron chi connectivity index (χ4n) is 5.69. The number of Topliss-reactive ketones (excluding diaryl/α,β-unsaturated/α-hetero) is 1.